The van der Waals surface area contributed by atoms with Gasteiger partial charge in [-0.3, -0.25) is 37.3 Å². The highest BCUT2D eigenvalue weighted by atomic mass is 31.2. The molecular weight excluding hydrogens is 1350 g/mol. The Kier molecular flexibility index (Phi) is 75.0. The average Bonchev–Trinajstić information content (AvgIpc) is 0.906. The molecule has 17 nitrogen and oxygen atoms in total. The molecule has 0 aliphatic heterocycles. The van der Waals surface area contributed by atoms with Gasteiger partial charge in [-0.1, -0.05) is 401 Å². The van der Waals surface area contributed by atoms with Crippen molar-refractivity contribution in [1.29, 1.82) is 0 Å². The summed E-state index contributed by atoms with van der Waals surface area (Å²) in [5, 5.41) is 10.7. The lowest BCUT2D eigenvalue weighted by Gasteiger charge is -2.21. The molecule has 618 valence electrons. The molecule has 0 fully saturated rings. The minimum Gasteiger partial charge on any atom is -0.462 e. The van der Waals surface area contributed by atoms with E-state index in [0.717, 1.165) is 102 Å². The Hall–Kier alpha value is -1.94. The van der Waals surface area contributed by atoms with E-state index in [1.165, 1.54) is 270 Å². The van der Waals surface area contributed by atoms with Crippen LogP contribution in [0.5, 0.6) is 0 Å². The molecule has 6 atom stereocenters. The summed E-state index contributed by atoms with van der Waals surface area (Å²) in [6, 6.07) is 0. The van der Waals surface area contributed by atoms with Gasteiger partial charge in [-0.05, 0) is 37.5 Å². The maximum absolute atomic E-state index is 13.1. The number of rotatable bonds is 84. The van der Waals surface area contributed by atoms with E-state index in [2.05, 4.69) is 41.5 Å². The zero-order chi connectivity index (χ0) is 76.4. The Bertz CT molecular complexity index is 2000. The van der Waals surface area contributed by atoms with Crippen molar-refractivity contribution in [2.24, 2.45) is 11.8 Å². The van der Waals surface area contributed by atoms with Gasteiger partial charge >= 0.3 is 39.5 Å². The number of unbranched alkanes of at least 4 members (excludes halogenated alkanes) is 53. The monoisotopic (exact) mass is 1520 g/mol. The summed E-state index contributed by atoms with van der Waals surface area (Å²) in [5.74, 6) is -0.424. The number of hydrogen-bond acceptors (Lipinski definition) is 15. The van der Waals surface area contributed by atoms with Gasteiger partial charge in [0.15, 0.2) is 12.2 Å². The van der Waals surface area contributed by atoms with Crippen LogP contribution in [-0.2, 0) is 65.4 Å². The van der Waals surface area contributed by atoms with E-state index < -0.39 is 97.5 Å². The number of aliphatic hydroxyl groups is 1. The van der Waals surface area contributed by atoms with Crippen LogP contribution in [-0.4, -0.2) is 96.7 Å². The summed E-state index contributed by atoms with van der Waals surface area (Å²) in [5.41, 5.74) is 0. The van der Waals surface area contributed by atoms with Gasteiger partial charge in [-0.25, -0.2) is 9.13 Å². The van der Waals surface area contributed by atoms with Crippen LogP contribution in [0, 0.1) is 11.8 Å². The summed E-state index contributed by atoms with van der Waals surface area (Å²) >= 11 is 0. The Morgan fingerprint density at radius 2 is 0.490 bits per heavy atom. The standard InChI is InChI=1S/C85H166O17P2/c1-7-10-12-14-16-18-20-37-43-49-55-61-67-82(87)95-73-80(101-84(89)69-63-57-51-45-38-21-19-17-15-13-11-8-2)75-99-103(91,92)97-71-79(86)72-98-104(93,94)100-76-81(74-96-83(88)68-62-56-50-44-39-33-30-26-27-31-35-41-47-53-59-65-77(4)5)102-85(90)70-64-58-52-46-40-34-29-25-23-22-24-28-32-36-42-48-54-60-66-78(6)9-3/h77-81,86H,7-76H2,1-6H3,(H,91,92)(H,93,94)/t78?,79-,80+,81+/m0/s1. The Morgan fingerprint density at radius 1 is 0.279 bits per heavy atom. The number of carbonyl (C=O) groups excluding carboxylic acids is 4. The van der Waals surface area contributed by atoms with Gasteiger partial charge in [0.25, 0.3) is 0 Å². The van der Waals surface area contributed by atoms with Gasteiger partial charge in [0.05, 0.1) is 26.4 Å². The maximum atomic E-state index is 13.1. The molecule has 0 saturated carbocycles. The van der Waals surface area contributed by atoms with E-state index >= 15 is 0 Å². The molecule has 0 aromatic carbocycles. The second-order valence-electron chi connectivity index (χ2n) is 31.3. The molecule has 0 radical (unpaired) electrons. The Balaban J connectivity index is 5.22. The second kappa shape index (κ2) is 76.4. The molecular formula is C85H166O17P2. The number of hydrogen-bond donors (Lipinski definition) is 3. The van der Waals surface area contributed by atoms with Crippen LogP contribution in [0.1, 0.15) is 452 Å². The first-order chi connectivity index (χ1) is 50.4. The maximum Gasteiger partial charge on any atom is 0.472 e. The third kappa shape index (κ3) is 76.8. The van der Waals surface area contributed by atoms with Gasteiger partial charge in [-0.2, -0.15) is 0 Å². The Labute approximate surface area is 638 Å². The SMILES string of the molecule is CCCCCCCCCCCCCCC(=O)OC[C@H](COP(=O)(O)OC[C@H](O)COP(=O)(O)OC[C@@H](COC(=O)CCCCCCCCCCCCCCCCCC(C)C)OC(=O)CCCCCCCCCCCCCCCCCCCCC(C)CC)OC(=O)CCCCCCCCCCCCCC. The quantitative estimate of drug-likeness (QED) is 0.0222. The van der Waals surface area contributed by atoms with Crippen molar-refractivity contribution in [2.45, 2.75) is 471 Å². The zero-order valence-corrected chi connectivity index (χ0v) is 70.1. The summed E-state index contributed by atoms with van der Waals surface area (Å²) in [7, 11) is -9.92. The normalized spacial score (nSPS) is 14.1. The third-order valence-electron chi connectivity index (χ3n) is 20.3. The van der Waals surface area contributed by atoms with Crippen LogP contribution >= 0.6 is 15.6 Å². The highest BCUT2D eigenvalue weighted by Crippen LogP contribution is 2.45. The van der Waals surface area contributed by atoms with Crippen LogP contribution < -0.4 is 0 Å². The molecule has 0 aromatic heterocycles. The minimum atomic E-state index is -4.97. The van der Waals surface area contributed by atoms with Crippen LogP contribution in [0.2, 0.25) is 0 Å². The first-order valence-corrected chi connectivity index (χ1v) is 47.0. The summed E-state index contributed by atoms with van der Waals surface area (Å²) in [6.07, 6.45) is 67.9. The highest BCUT2D eigenvalue weighted by molar-refractivity contribution is 7.47. The topological polar surface area (TPSA) is 237 Å². The molecule has 3 N–H and O–H groups in total. The van der Waals surface area contributed by atoms with E-state index in [0.29, 0.717) is 25.7 Å². The number of aliphatic hydroxyl groups excluding tert-OH is 1. The van der Waals surface area contributed by atoms with Crippen LogP contribution in [0.3, 0.4) is 0 Å². The van der Waals surface area contributed by atoms with Gasteiger partial charge in [0, 0.05) is 25.7 Å². The molecule has 0 aliphatic carbocycles. The van der Waals surface area contributed by atoms with E-state index in [1.807, 2.05) is 0 Å². The lowest BCUT2D eigenvalue weighted by atomic mass is 9.99. The van der Waals surface area contributed by atoms with E-state index in [4.69, 9.17) is 37.0 Å². The van der Waals surface area contributed by atoms with E-state index in [9.17, 15) is 43.2 Å². The predicted octanol–water partition coefficient (Wildman–Crippen LogP) is 25.8. The van der Waals surface area contributed by atoms with Crippen molar-refractivity contribution in [1.82, 2.24) is 0 Å². The van der Waals surface area contributed by atoms with Gasteiger partial charge in [0.2, 0.25) is 0 Å². The third-order valence-corrected chi connectivity index (χ3v) is 22.2. The van der Waals surface area contributed by atoms with Crippen molar-refractivity contribution in [3.05, 3.63) is 0 Å². The summed E-state index contributed by atoms with van der Waals surface area (Å²) < 4.78 is 68.8. The summed E-state index contributed by atoms with van der Waals surface area (Å²) in [6.45, 7) is 9.76. The Morgan fingerprint density at radius 3 is 0.731 bits per heavy atom. The predicted molar refractivity (Wildman–Crippen MR) is 428 cm³/mol. The van der Waals surface area contributed by atoms with Crippen LogP contribution in [0.4, 0.5) is 0 Å². The first-order valence-electron chi connectivity index (χ1n) is 44.0. The smallest absolute Gasteiger partial charge is 0.462 e. The number of ether oxygens (including phenoxy) is 4. The fourth-order valence-corrected chi connectivity index (χ4v) is 14.8. The van der Waals surface area contributed by atoms with Crippen molar-refractivity contribution in [2.75, 3.05) is 39.6 Å². The van der Waals surface area contributed by atoms with Crippen LogP contribution in [0.15, 0.2) is 0 Å². The molecule has 0 saturated heterocycles. The molecule has 0 bridgehead atoms. The van der Waals surface area contributed by atoms with Crippen molar-refractivity contribution >= 4 is 39.5 Å². The lowest BCUT2D eigenvalue weighted by Crippen LogP contribution is -2.30. The largest absolute Gasteiger partial charge is 0.472 e. The van der Waals surface area contributed by atoms with Gasteiger partial charge in [-0.15, -0.1) is 0 Å². The highest BCUT2D eigenvalue weighted by Gasteiger charge is 2.30. The first kappa shape index (κ1) is 102. The van der Waals surface area contributed by atoms with Gasteiger partial charge in [0.1, 0.15) is 19.3 Å². The molecule has 0 spiro atoms. The van der Waals surface area contributed by atoms with Crippen molar-refractivity contribution < 1.29 is 80.2 Å². The van der Waals surface area contributed by atoms with Crippen molar-refractivity contribution in [3.8, 4) is 0 Å². The lowest BCUT2D eigenvalue weighted by molar-refractivity contribution is -0.161. The van der Waals surface area contributed by atoms with Crippen molar-refractivity contribution in [3.63, 3.8) is 0 Å². The summed E-state index contributed by atoms with van der Waals surface area (Å²) in [4.78, 5) is 73.2. The average molecular weight is 1520 g/mol. The molecule has 0 aliphatic rings. The van der Waals surface area contributed by atoms with Crippen LogP contribution in [0.25, 0.3) is 0 Å². The fraction of sp³-hybridized carbons (Fsp3) is 0.953. The molecule has 19 heteroatoms. The molecule has 0 amide bonds. The molecule has 0 rings (SSSR count). The number of phosphoric acid groups is 2. The fourth-order valence-electron chi connectivity index (χ4n) is 13.2. The minimum absolute atomic E-state index is 0.108. The van der Waals surface area contributed by atoms with E-state index in [-0.39, 0.29) is 25.7 Å². The molecule has 0 heterocycles. The van der Waals surface area contributed by atoms with E-state index in [1.54, 1.807) is 0 Å². The molecule has 104 heavy (non-hydrogen) atoms. The number of phosphoric ester groups is 2. The number of esters is 4. The molecule has 0 aromatic rings. The second-order valence-corrected chi connectivity index (χ2v) is 34.2. The van der Waals surface area contributed by atoms with Gasteiger partial charge < -0.3 is 33.8 Å². The number of carbonyl (C=O) groups is 4. The zero-order valence-electron chi connectivity index (χ0n) is 68.3. The molecule has 3 unspecified atom stereocenters.